The molecule has 2 unspecified atom stereocenters. The molecule has 6 N–H and O–H groups in total. The van der Waals surface area contributed by atoms with Gasteiger partial charge >= 0.3 is 0 Å². The highest BCUT2D eigenvalue weighted by atomic mass is 31.2. The zero-order chi connectivity index (χ0) is 26.3. The summed E-state index contributed by atoms with van der Waals surface area (Å²) in [6.45, 7) is 7.84. The minimum atomic E-state index is -1.22. The first-order valence-corrected chi connectivity index (χ1v) is 14.9. The van der Waals surface area contributed by atoms with Gasteiger partial charge in [0.2, 0.25) is 0 Å². The maximum atomic E-state index is 11.4. The van der Waals surface area contributed by atoms with Crippen LogP contribution in [0.5, 0.6) is 0 Å². The van der Waals surface area contributed by atoms with Crippen molar-refractivity contribution < 1.29 is 34.5 Å². The van der Waals surface area contributed by atoms with Gasteiger partial charge in [0.1, 0.15) is 0 Å². The molecular formula is C25H56O7P2. The van der Waals surface area contributed by atoms with Gasteiger partial charge in [0, 0.05) is 0 Å². The van der Waals surface area contributed by atoms with Gasteiger partial charge in [-0.1, -0.05) is 105 Å². The third-order valence-corrected chi connectivity index (χ3v) is 7.46. The van der Waals surface area contributed by atoms with Crippen molar-refractivity contribution in [3.05, 3.63) is 0 Å². The number of hydrogen-bond donors (Lipinski definition) is 6. The van der Waals surface area contributed by atoms with Crippen LogP contribution in [0.15, 0.2) is 0 Å². The fourth-order valence-corrected chi connectivity index (χ4v) is 4.43. The minimum absolute atomic E-state index is 0.390. The van der Waals surface area contributed by atoms with Crippen LogP contribution in [0.4, 0.5) is 0 Å². The molecule has 0 aliphatic carbocycles. The predicted octanol–water partition coefficient (Wildman–Crippen LogP) is 5.46. The Hall–Kier alpha value is 0.580. The van der Waals surface area contributed by atoms with Crippen molar-refractivity contribution in [2.24, 2.45) is 17.3 Å². The summed E-state index contributed by atoms with van der Waals surface area (Å²) in [5.74, 6) is 1.51. The van der Waals surface area contributed by atoms with Gasteiger partial charge in [0.15, 0.2) is 18.1 Å². The van der Waals surface area contributed by atoms with Gasteiger partial charge in [-0.15, -0.1) is 0 Å². The van der Waals surface area contributed by atoms with Crippen LogP contribution in [0, 0.1) is 17.3 Å². The molecule has 0 amide bonds. The summed E-state index contributed by atoms with van der Waals surface area (Å²) in [5, 5.41) is 41.0. The lowest BCUT2D eigenvalue weighted by atomic mass is 9.68. The van der Waals surface area contributed by atoms with Crippen LogP contribution in [0.1, 0.15) is 118 Å². The monoisotopic (exact) mass is 530 g/mol. The van der Waals surface area contributed by atoms with Crippen LogP contribution in [-0.4, -0.2) is 55.6 Å². The lowest BCUT2D eigenvalue weighted by Gasteiger charge is -2.44. The summed E-state index contributed by atoms with van der Waals surface area (Å²) in [4.78, 5) is 15.4. The Kier molecular flexibility index (Phi) is 25.9. The molecule has 0 saturated heterocycles. The van der Waals surface area contributed by atoms with Crippen molar-refractivity contribution in [2.45, 2.75) is 123 Å². The van der Waals surface area contributed by atoms with Crippen molar-refractivity contribution in [1.82, 2.24) is 0 Å². The topological polar surface area (TPSA) is 131 Å². The molecule has 0 saturated carbocycles. The average Bonchev–Trinajstić information content (AvgIpc) is 2.80. The van der Waals surface area contributed by atoms with E-state index in [2.05, 4.69) is 32.0 Å². The first-order valence-electron chi connectivity index (χ1n) is 13.2. The molecule has 0 aliphatic heterocycles. The van der Waals surface area contributed by atoms with Crippen LogP contribution in [0.2, 0.25) is 0 Å². The molecule has 0 spiro atoms. The molecule has 2 atom stereocenters. The number of aliphatic hydroxyl groups excluding tert-OH is 3. The van der Waals surface area contributed by atoms with Crippen molar-refractivity contribution in [3.63, 3.8) is 0 Å². The lowest BCUT2D eigenvalue weighted by Crippen LogP contribution is -2.55. The van der Waals surface area contributed by atoms with Gasteiger partial charge in [-0.25, -0.2) is 0 Å². The second-order valence-corrected chi connectivity index (χ2v) is 11.7. The maximum Gasteiger partial charge on any atom is 0.158 e. The Morgan fingerprint density at radius 3 is 1.18 bits per heavy atom. The molecule has 7 nitrogen and oxygen atoms in total. The Bertz CT molecular complexity index is 390. The van der Waals surface area contributed by atoms with Crippen molar-refractivity contribution >= 4 is 18.1 Å². The van der Waals surface area contributed by atoms with Gasteiger partial charge in [0.05, 0.1) is 30.8 Å². The quantitative estimate of drug-likeness (QED) is 0.0810. The normalized spacial score (nSPS) is 13.1. The van der Waals surface area contributed by atoms with E-state index in [4.69, 9.17) is 9.79 Å². The van der Waals surface area contributed by atoms with Gasteiger partial charge in [-0.2, -0.15) is 0 Å². The van der Waals surface area contributed by atoms with E-state index < -0.39 is 29.1 Å². The van der Waals surface area contributed by atoms with E-state index in [9.17, 15) is 20.4 Å². The summed E-state index contributed by atoms with van der Waals surface area (Å²) in [5.41, 5.74) is -2.43. The molecule has 0 aromatic rings. The first-order chi connectivity index (χ1) is 16.2. The number of hydrogen-bond acceptors (Lipinski definition) is 7. The average molecular weight is 531 g/mol. The highest BCUT2D eigenvalue weighted by Crippen LogP contribution is 2.39. The fraction of sp³-hybridized carbons (Fsp3) is 1.00. The Morgan fingerprint density at radius 2 is 0.912 bits per heavy atom. The smallest absolute Gasteiger partial charge is 0.158 e. The van der Waals surface area contributed by atoms with E-state index in [1.807, 2.05) is 0 Å². The summed E-state index contributed by atoms with van der Waals surface area (Å²) in [7, 11) is -1.16. The third-order valence-electron chi connectivity index (χ3n) is 6.73. The Morgan fingerprint density at radius 1 is 0.588 bits per heavy atom. The van der Waals surface area contributed by atoms with Gasteiger partial charge < -0.3 is 30.2 Å². The van der Waals surface area contributed by atoms with Gasteiger partial charge in [0.25, 0.3) is 0 Å². The van der Waals surface area contributed by atoms with Crippen LogP contribution in [-0.2, 0) is 4.31 Å². The molecule has 0 heterocycles. The van der Waals surface area contributed by atoms with Crippen LogP contribution in [0.25, 0.3) is 0 Å². The Labute approximate surface area is 213 Å². The summed E-state index contributed by atoms with van der Waals surface area (Å²) >= 11 is 0. The molecule has 0 radical (unpaired) electrons. The van der Waals surface area contributed by atoms with Crippen molar-refractivity contribution in [1.29, 1.82) is 0 Å². The van der Waals surface area contributed by atoms with E-state index in [-0.39, 0.29) is 19.8 Å². The predicted molar refractivity (Wildman–Crippen MR) is 145 cm³/mol. The zero-order valence-electron chi connectivity index (χ0n) is 22.3. The minimum Gasteiger partial charge on any atom is -0.395 e. The largest absolute Gasteiger partial charge is 0.395 e. The molecule has 9 heteroatoms. The van der Waals surface area contributed by atoms with E-state index >= 15 is 0 Å². The van der Waals surface area contributed by atoms with E-state index in [0.29, 0.717) is 12.8 Å². The molecule has 0 aromatic heterocycles. The van der Waals surface area contributed by atoms with E-state index in [0.717, 1.165) is 50.4 Å². The molecule has 0 rings (SSSR count). The van der Waals surface area contributed by atoms with Crippen LogP contribution >= 0.6 is 18.1 Å². The third kappa shape index (κ3) is 17.9. The SMILES string of the molecule is CC(C)CCCCCCCC(O)(CCCCCCCC(C)C)C(CO)(CO)CO.OPOPO. The molecule has 0 fully saturated rings. The lowest BCUT2D eigenvalue weighted by molar-refractivity contribution is -0.162. The maximum absolute atomic E-state index is 11.4. The summed E-state index contributed by atoms with van der Waals surface area (Å²) < 4.78 is 4.00. The number of aliphatic hydroxyl groups is 4. The first kappa shape index (κ1) is 36.7. The van der Waals surface area contributed by atoms with Crippen molar-refractivity contribution in [2.75, 3.05) is 19.8 Å². The summed E-state index contributed by atoms with van der Waals surface area (Å²) in [6, 6.07) is 0. The molecular weight excluding hydrogens is 474 g/mol. The van der Waals surface area contributed by atoms with Gasteiger partial charge in [-0.3, -0.25) is 4.31 Å². The molecule has 0 bridgehead atoms. The van der Waals surface area contributed by atoms with Crippen LogP contribution in [0.3, 0.4) is 0 Å². The number of rotatable bonds is 22. The second kappa shape index (κ2) is 23.9. The zero-order valence-corrected chi connectivity index (χ0v) is 24.3. The Balaban J connectivity index is 0. The molecule has 0 aromatic carbocycles. The molecule has 208 valence electrons. The number of unbranched alkanes of at least 4 members (excludes halogenated alkanes) is 8. The highest BCUT2D eigenvalue weighted by Gasteiger charge is 2.48. The highest BCUT2D eigenvalue weighted by molar-refractivity contribution is 7.39. The van der Waals surface area contributed by atoms with Crippen LogP contribution < -0.4 is 0 Å². The summed E-state index contributed by atoms with van der Waals surface area (Å²) in [6.07, 6.45) is 14.7. The van der Waals surface area contributed by atoms with E-state index in [1.54, 1.807) is 0 Å². The molecule has 0 aliphatic rings. The van der Waals surface area contributed by atoms with E-state index in [1.165, 1.54) is 38.5 Å². The standard InChI is InChI=1S/C25H52O4.H4O3P2/c1-22(2)15-11-7-5-9-13-17-25(29,24(19-26,20-27)21-28)18-14-10-6-8-12-16-23(3)4;1-4-3-5-2/h22-23,26-29H,5-21H2,1-4H3;1-2,4-5H. The van der Waals surface area contributed by atoms with Crippen molar-refractivity contribution in [3.8, 4) is 0 Å². The molecule has 34 heavy (non-hydrogen) atoms. The fourth-order valence-electron chi connectivity index (χ4n) is 4.27. The van der Waals surface area contributed by atoms with Gasteiger partial charge in [-0.05, 0) is 24.7 Å². The second-order valence-electron chi connectivity index (χ2n) is 10.5.